The Kier molecular flexibility index (Phi) is 5.07. The first-order chi connectivity index (χ1) is 12.6. The predicted octanol–water partition coefficient (Wildman–Crippen LogP) is 4.59. The summed E-state index contributed by atoms with van der Waals surface area (Å²) in [7, 11) is 0. The van der Waals surface area contributed by atoms with Gasteiger partial charge in [0, 0.05) is 17.9 Å². The molecular formula is C19H19N5O2. The third kappa shape index (κ3) is 3.61. The molecule has 132 valence electrons. The van der Waals surface area contributed by atoms with Gasteiger partial charge in [0.2, 0.25) is 11.6 Å². The Morgan fingerprint density at radius 2 is 1.77 bits per heavy atom. The largest absolute Gasteiger partial charge is 0.354 e. The normalized spacial score (nSPS) is 10.4. The van der Waals surface area contributed by atoms with Crippen molar-refractivity contribution in [3.8, 4) is 0 Å². The lowest BCUT2D eigenvalue weighted by Gasteiger charge is -2.22. The van der Waals surface area contributed by atoms with Crippen LogP contribution in [0.5, 0.6) is 0 Å². The maximum atomic E-state index is 11.8. The van der Waals surface area contributed by atoms with Crippen molar-refractivity contribution in [3.63, 3.8) is 0 Å². The monoisotopic (exact) mass is 349 g/mol. The molecule has 26 heavy (non-hydrogen) atoms. The molecule has 0 spiro atoms. The highest BCUT2D eigenvalue weighted by Crippen LogP contribution is 2.36. The minimum Gasteiger partial charge on any atom is -0.334 e. The Labute approximate surface area is 151 Å². The average molecular weight is 349 g/mol. The van der Waals surface area contributed by atoms with E-state index in [0.29, 0.717) is 6.54 Å². The van der Waals surface area contributed by atoms with Gasteiger partial charge in [0.1, 0.15) is 6.33 Å². The molecule has 0 atom stereocenters. The van der Waals surface area contributed by atoms with Gasteiger partial charge in [0.25, 0.3) is 0 Å². The summed E-state index contributed by atoms with van der Waals surface area (Å²) < 4.78 is 0. The van der Waals surface area contributed by atoms with Crippen molar-refractivity contribution in [1.82, 2.24) is 9.97 Å². The predicted molar refractivity (Wildman–Crippen MR) is 102 cm³/mol. The molecule has 0 radical (unpaired) electrons. The van der Waals surface area contributed by atoms with Gasteiger partial charge in [-0.15, -0.1) is 0 Å². The maximum Gasteiger partial charge on any atom is 0.354 e. The topological polar surface area (TPSA) is 84.2 Å². The summed E-state index contributed by atoms with van der Waals surface area (Å²) in [5, 5.41) is 14.8. The van der Waals surface area contributed by atoms with Gasteiger partial charge in [-0.3, -0.25) is 10.1 Å². The molecule has 3 aromatic rings. The molecule has 0 aliphatic rings. The Morgan fingerprint density at radius 1 is 1.08 bits per heavy atom. The van der Waals surface area contributed by atoms with E-state index in [9.17, 15) is 10.1 Å². The number of aryl methyl sites for hydroxylation is 1. The Hall–Kier alpha value is -3.48. The zero-order valence-electron chi connectivity index (χ0n) is 14.6. The van der Waals surface area contributed by atoms with Crippen LogP contribution in [0, 0.1) is 17.0 Å². The van der Waals surface area contributed by atoms with Crippen LogP contribution >= 0.6 is 0 Å². The van der Waals surface area contributed by atoms with Crippen molar-refractivity contribution in [2.75, 3.05) is 16.8 Å². The number of para-hydroxylation sites is 1. The fourth-order valence-electron chi connectivity index (χ4n) is 2.66. The lowest BCUT2D eigenvalue weighted by atomic mass is 10.2. The van der Waals surface area contributed by atoms with Gasteiger partial charge >= 0.3 is 5.69 Å². The second-order valence-corrected chi connectivity index (χ2v) is 5.72. The lowest BCUT2D eigenvalue weighted by Crippen LogP contribution is -2.19. The van der Waals surface area contributed by atoms with Crippen LogP contribution in [0.25, 0.3) is 0 Å². The van der Waals surface area contributed by atoms with Crippen molar-refractivity contribution >= 4 is 28.7 Å². The van der Waals surface area contributed by atoms with Gasteiger partial charge in [-0.1, -0.05) is 35.9 Å². The SMILES string of the molecule is CCN(c1ccccc1)c1ncnc(Nc2ccc(C)cc2)c1[N+](=O)[O-]. The van der Waals surface area contributed by atoms with E-state index in [1.54, 1.807) is 4.90 Å². The van der Waals surface area contributed by atoms with E-state index in [1.807, 2.05) is 68.4 Å². The van der Waals surface area contributed by atoms with Crippen LogP contribution < -0.4 is 10.2 Å². The summed E-state index contributed by atoms with van der Waals surface area (Å²) in [6, 6.07) is 17.0. The smallest absolute Gasteiger partial charge is 0.334 e. The minimum absolute atomic E-state index is 0.154. The van der Waals surface area contributed by atoms with E-state index in [2.05, 4.69) is 15.3 Å². The van der Waals surface area contributed by atoms with Crippen molar-refractivity contribution in [2.24, 2.45) is 0 Å². The number of rotatable bonds is 6. The van der Waals surface area contributed by atoms with Gasteiger partial charge in [-0.05, 0) is 38.1 Å². The van der Waals surface area contributed by atoms with E-state index in [1.165, 1.54) is 6.33 Å². The summed E-state index contributed by atoms with van der Waals surface area (Å²) in [5.41, 5.74) is 2.51. The fourth-order valence-corrected chi connectivity index (χ4v) is 2.66. The number of nitro groups is 1. The molecule has 0 amide bonds. The van der Waals surface area contributed by atoms with Crippen LogP contribution in [0.2, 0.25) is 0 Å². The summed E-state index contributed by atoms with van der Waals surface area (Å²) in [6.45, 7) is 4.44. The van der Waals surface area contributed by atoms with Crippen molar-refractivity contribution < 1.29 is 4.92 Å². The molecule has 7 heteroatoms. The quantitative estimate of drug-likeness (QED) is 0.517. The van der Waals surface area contributed by atoms with Crippen molar-refractivity contribution in [2.45, 2.75) is 13.8 Å². The molecule has 0 saturated heterocycles. The maximum absolute atomic E-state index is 11.8. The number of nitrogens with one attached hydrogen (secondary N) is 1. The van der Waals surface area contributed by atoms with Gasteiger partial charge < -0.3 is 10.2 Å². The van der Waals surface area contributed by atoms with Gasteiger partial charge in [-0.25, -0.2) is 9.97 Å². The lowest BCUT2D eigenvalue weighted by molar-refractivity contribution is -0.383. The molecule has 2 aromatic carbocycles. The minimum atomic E-state index is -0.447. The number of benzene rings is 2. The zero-order chi connectivity index (χ0) is 18.5. The highest BCUT2D eigenvalue weighted by Gasteiger charge is 2.27. The summed E-state index contributed by atoms with van der Waals surface area (Å²) in [6.07, 6.45) is 1.34. The first-order valence-electron chi connectivity index (χ1n) is 8.25. The molecule has 1 heterocycles. The van der Waals surface area contributed by atoms with E-state index < -0.39 is 4.92 Å². The van der Waals surface area contributed by atoms with E-state index >= 15 is 0 Å². The highest BCUT2D eigenvalue weighted by molar-refractivity contribution is 5.78. The molecule has 1 N–H and O–H groups in total. The average Bonchev–Trinajstić information content (AvgIpc) is 2.65. The highest BCUT2D eigenvalue weighted by atomic mass is 16.6. The van der Waals surface area contributed by atoms with Crippen LogP contribution in [0.3, 0.4) is 0 Å². The number of nitrogens with zero attached hydrogens (tertiary/aromatic N) is 4. The van der Waals surface area contributed by atoms with Gasteiger partial charge in [0.15, 0.2) is 0 Å². The van der Waals surface area contributed by atoms with Crippen LogP contribution in [0.4, 0.5) is 28.7 Å². The van der Waals surface area contributed by atoms with Crippen LogP contribution in [-0.2, 0) is 0 Å². The molecule has 0 unspecified atom stereocenters. The third-order valence-corrected chi connectivity index (χ3v) is 3.94. The molecule has 0 aliphatic carbocycles. The van der Waals surface area contributed by atoms with Crippen LogP contribution in [0.1, 0.15) is 12.5 Å². The van der Waals surface area contributed by atoms with Crippen molar-refractivity contribution in [3.05, 3.63) is 76.6 Å². The first kappa shape index (κ1) is 17.3. The summed E-state index contributed by atoms with van der Waals surface area (Å²) in [5.74, 6) is 0.423. The summed E-state index contributed by atoms with van der Waals surface area (Å²) >= 11 is 0. The molecule has 0 fully saturated rings. The Morgan fingerprint density at radius 3 is 2.38 bits per heavy atom. The van der Waals surface area contributed by atoms with Crippen LogP contribution in [-0.4, -0.2) is 21.4 Å². The van der Waals surface area contributed by atoms with Crippen molar-refractivity contribution in [1.29, 1.82) is 0 Å². The fraction of sp³-hybridized carbons (Fsp3) is 0.158. The van der Waals surface area contributed by atoms with Gasteiger partial charge in [-0.2, -0.15) is 0 Å². The number of aromatic nitrogens is 2. The molecule has 3 rings (SSSR count). The van der Waals surface area contributed by atoms with Crippen LogP contribution in [0.15, 0.2) is 60.9 Å². The standard InChI is InChI=1S/C19H19N5O2/c1-3-23(16-7-5-4-6-8-16)19-17(24(25)26)18(20-13-21-19)22-15-11-9-14(2)10-12-15/h4-13H,3H2,1-2H3,(H,20,21,22). The first-order valence-corrected chi connectivity index (χ1v) is 8.25. The summed E-state index contributed by atoms with van der Waals surface area (Å²) in [4.78, 5) is 21.4. The molecule has 1 aromatic heterocycles. The second kappa shape index (κ2) is 7.60. The number of hydrogen-bond acceptors (Lipinski definition) is 6. The molecule has 7 nitrogen and oxygen atoms in total. The number of anilines is 4. The van der Waals surface area contributed by atoms with E-state index in [0.717, 1.165) is 16.9 Å². The number of hydrogen-bond donors (Lipinski definition) is 1. The second-order valence-electron chi connectivity index (χ2n) is 5.72. The van der Waals surface area contributed by atoms with E-state index in [4.69, 9.17) is 0 Å². The zero-order valence-corrected chi connectivity index (χ0v) is 14.6. The molecule has 0 saturated carbocycles. The van der Waals surface area contributed by atoms with E-state index in [-0.39, 0.29) is 17.3 Å². The Balaban J connectivity index is 2.06. The molecule has 0 bridgehead atoms. The van der Waals surface area contributed by atoms with Gasteiger partial charge in [0.05, 0.1) is 4.92 Å². The molecule has 0 aliphatic heterocycles. The third-order valence-electron chi connectivity index (χ3n) is 3.94. The molecular weight excluding hydrogens is 330 g/mol. The Bertz CT molecular complexity index is 898.